The smallest absolute Gasteiger partial charge is 0.126 e. The molecular weight excluding hydrogens is 269 g/mol. The molecule has 0 atom stereocenters. The third kappa shape index (κ3) is 2.83. The van der Waals surface area contributed by atoms with Gasteiger partial charge in [-0.25, -0.2) is 4.39 Å². The van der Waals surface area contributed by atoms with E-state index in [0.29, 0.717) is 11.6 Å². The third-order valence-corrected chi connectivity index (χ3v) is 4.00. The van der Waals surface area contributed by atoms with E-state index in [-0.39, 0.29) is 5.82 Å². The minimum atomic E-state index is -0.119. The summed E-state index contributed by atoms with van der Waals surface area (Å²) < 4.78 is 14.4. The van der Waals surface area contributed by atoms with Crippen LogP contribution in [0, 0.1) is 12.7 Å². The van der Waals surface area contributed by atoms with Crippen molar-refractivity contribution in [3.63, 3.8) is 0 Å². The molecule has 0 spiro atoms. The van der Waals surface area contributed by atoms with Crippen molar-refractivity contribution in [1.82, 2.24) is 5.32 Å². The van der Waals surface area contributed by atoms with Crippen molar-refractivity contribution in [2.24, 2.45) is 0 Å². The van der Waals surface area contributed by atoms with Gasteiger partial charge in [-0.1, -0.05) is 28.8 Å². The maximum Gasteiger partial charge on any atom is 0.126 e. The van der Waals surface area contributed by atoms with E-state index in [1.807, 2.05) is 6.07 Å². The van der Waals surface area contributed by atoms with Gasteiger partial charge in [0.25, 0.3) is 0 Å². The Kier molecular flexibility index (Phi) is 3.98. The number of benzene rings is 1. The third-order valence-electron chi connectivity index (χ3n) is 3.26. The highest BCUT2D eigenvalue weighted by atomic mass is 79.9. The maximum absolute atomic E-state index is 13.4. The Balaban J connectivity index is 2.00. The van der Waals surface area contributed by atoms with E-state index >= 15 is 0 Å². The zero-order valence-electron chi connectivity index (χ0n) is 9.52. The number of hydrogen-bond donors (Lipinski definition) is 1. The monoisotopic (exact) mass is 285 g/mol. The van der Waals surface area contributed by atoms with E-state index in [1.165, 1.54) is 25.7 Å². The molecule has 0 unspecified atom stereocenters. The zero-order chi connectivity index (χ0) is 11.5. The van der Waals surface area contributed by atoms with Gasteiger partial charge in [-0.05, 0) is 43.0 Å². The van der Waals surface area contributed by atoms with Crippen LogP contribution < -0.4 is 5.32 Å². The number of hydrogen-bond acceptors (Lipinski definition) is 1. The van der Waals surface area contributed by atoms with E-state index in [2.05, 4.69) is 21.2 Å². The molecule has 88 valence electrons. The van der Waals surface area contributed by atoms with Crippen LogP contribution in [0.5, 0.6) is 0 Å². The average molecular weight is 286 g/mol. The molecule has 1 nitrogen and oxygen atoms in total. The van der Waals surface area contributed by atoms with Crippen molar-refractivity contribution in [2.45, 2.75) is 45.2 Å². The lowest BCUT2D eigenvalue weighted by Crippen LogP contribution is -2.25. The molecule has 0 saturated heterocycles. The quantitative estimate of drug-likeness (QED) is 0.887. The molecular formula is C13H17BrFN. The fraction of sp³-hybridized carbons (Fsp3) is 0.538. The molecule has 3 heteroatoms. The summed E-state index contributed by atoms with van der Waals surface area (Å²) in [5.41, 5.74) is 1.70. The van der Waals surface area contributed by atoms with Gasteiger partial charge in [0.15, 0.2) is 0 Å². The summed E-state index contributed by atoms with van der Waals surface area (Å²) in [5, 5.41) is 3.49. The molecule has 0 aliphatic heterocycles. The number of rotatable bonds is 3. The van der Waals surface area contributed by atoms with Crippen LogP contribution in [0.1, 0.15) is 36.8 Å². The van der Waals surface area contributed by atoms with Crippen molar-refractivity contribution in [3.8, 4) is 0 Å². The van der Waals surface area contributed by atoms with Crippen LogP contribution in [0.15, 0.2) is 16.6 Å². The van der Waals surface area contributed by atoms with Crippen LogP contribution in [0.25, 0.3) is 0 Å². The fourth-order valence-electron chi connectivity index (χ4n) is 2.21. The summed E-state index contributed by atoms with van der Waals surface area (Å²) in [6.45, 7) is 2.54. The molecule has 0 bridgehead atoms. The van der Waals surface area contributed by atoms with E-state index in [0.717, 1.165) is 16.6 Å². The van der Waals surface area contributed by atoms with Gasteiger partial charge < -0.3 is 5.32 Å². The summed E-state index contributed by atoms with van der Waals surface area (Å²) in [5.74, 6) is -0.119. The van der Waals surface area contributed by atoms with Crippen LogP contribution in [0.4, 0.5) is 4.39 Å². The highest BCUT2D eigenvalue weighted by Crippen LogP contribution is 2.23. The lowest BCUT2D eigenvalue weighted by atomic mass is 10.1. The van der Waals surface area contributed by atoms with Crippen LogP contribution >= 0.6 is 15.9 Å². The van der Waals surface area contributed by atoms with E-state index < -0.39 is 0 Å². The second kappa shape index (κ2) is 5.28. The zero-order valence-corrected chi connectivity index (χ0v) is 11.1. The average Bonchev–Trinajstić information content (AvgIpc) is 2.74. The lowest BCUT2D eigenvalue weighted by Gasteiger charge is -2.13. The highest BCUT2D eigenvalue weighted by Gasteiger charge is 2.14. The Morgan fingerprint density at radius 3 is 2.75 bits per heavy atom. The summed E-state index contributed by atoms with van der Waals surface area (Å²) in [4.78, 5) is 0. The summed E-state index contributed by atoms with van der Waals surface area (Å²) in [7, 11) is 0. The second-order valence-electron chi connectivity index (χ2n) is 4.56. The first kappa shape index (κ1) is 12.1. The Bertz CT molecular complexity index is 372. The maximum atomic E-state index is 13.4. The molecule has 2 rings (SSSR count). The van der Waals surface area contributed by atoms with Crippen molar-refractivity contribution in [1.29, 1.82) is 0 Å². The van der Waals surface area contributed by atoms with E-state index in [1.54, 1.807) is 13.0 Å². The Hall–Kier alpha value is -0.410. The summed E-state index contributed by atoms with van der Waals surface area (Å²) in [6.07, 6.45) is 5.15. The largest absolute Gasteiger partial charge is 0.310 e. The van der Waals surface area contributed by atoms with Crippen LogP contribution in [0.3, 0.4) is 0 Å². The van der Waals surface area contributed by atoms with Gasteiger partial charge >= 0.3 is 0 Å². The van der Waals surface area contributed by atoms with E-state index in [4.69, 9.17) is 0 Å². The summed E-state index contributed by atoms with van der Waals surface area (Å²) >= 11 is 3.48. The van der Waals surface area contributed by atoms with Crippen LogP contribution in [-0.2, 0) is 6.54 Å². The molecule has 1 saturated carbocycles. The summed E-state index contributed by atoms with van der Waals surface area (Å²) in [6, 6.07) is 4.10. The highest BCUT2D eigenvalue weighted by molar-refractivity contribution is 9.10. The van der Waals surface area contributed by atoms with E-state index in [9.17, 15) is 4.39 Å². The minimum absolute atomic E-state index is 0.119. The van der Waals surface area contributed by atoms with Gasteiger partial charge in [0.2, 0.25) is 0 Å². The SMILES string of the molecule is Cc1cc(Br)c(CNC2CCCC2)cc1F. The van der Waals surface area contributed by atoms with Crippen molar-refractivity contribution in [2.75, 3.05) is 0 Å². The molecule has 1 aromatic rings. The topological polar surface area (TPSA) is 12.0 Å². The van der Waals surface area contributed by atoms with Crippen LogP contribution in [0.2, 0.25) is 0 Å². The first-order chi connectivity index (χ1) is 7.66. The predicted molar refractivity (Wildman–Crippen MR) is 67.9 cm³/mol. The normalized spacial score (nSPS) is 16.9. The molecule has 0 radical (unpaired) electrons. The van der Waals surface area contributed by atoms with Gasteiger partial charge in [-0.3, -0.25) is 0 Å². The van der Waals surface area contributed by atoms with Gasteiger partial charge in [0.05, 0.1) is 0 Å². The number of halogens is 2. The van der Waals surface area contributed by atoms with Crippen molar-refractivity contribution >= 4 is 15.9 Å². The molecule has 1 fully saturated rings. The van der Waals surface area contributed by atoms with Gasteiger partial charge in [0.1, 0.15) is 5.82 Å². The molecule has 1 aliphatic rings. The first-order valence-corrected chi connectivity index (χ1v) is 6.64. The lowest BCUT2D eigenvalue weighted by molar-refractivity contribution is 0.521. The standard InChI is InChI=1S/C13H17BrFN/c1-9-6-12(14)10(7-13(9)15)8-16-11-4-2-3-5-11/h6-7,11,16H,2-5,8H2,1H3. The molecule has 1 aliphatic carbocycles. The first-order valence-electron chi connectivity index (χ1n) is 5.84. The molecule has 16 heavy (non-hydrogen) atoms. The van der Waals surface area contributed by atoms with Crippen molar-refractivity contribution in [3.05, 3.63) is 33.5 Å². The Morgan fingerprint density at radius 1 is 1.38 bits per heavy atom. The Morgan fingerprint density at radius 2 is 2.06 bits per heavy atom. The number of aryl methyl sites for hydroxylation is 1. The van der Waals surface area contributed by atoms with Gasteiger partial charge in [-0.15, -0.1) is 0 Å². The molecule has 0 amide bonds. The molecule has 1 N–H and O–H groups in total. The second-order valence-corrected chi connectivity index (χ2v) is 5.41. The Labute approximate surface area is 105 Å². The molecule has 0 heterocycles. The van der Waals surface area contributed by atoms with Crippen LogP contribution in [-0.4, -0.2) is 6.04 Å². The van der Waals surface area contributed by atoms with Gasteiger partial charge in [0, 0.05) is 17.1 Å². The minimum Gasteiger partial charge on any atom is -0.310 e. The fourth-order valence-corrected chi connectivity index (χ4v) is 2.81. The van der Waals surface area contributed by atoms with Gasteiger partial charge in [-0.2, -0.15) is 0 Å². The molecule has 1 aromatic carbocycles. The predicted octanol–water partition coefficient (Wildman–Crippen LogP) is 3.93. The molecule has 0 aromatic heterocycles. The van der Waals surface area contributed by atoms with Crippen molar-refractivity contribution < 1.29 is 4.39 Å². The number of nitrogens with one attached hydrogen (secondary N) is 1.